The van der Waals surface area contributed by atoms with Gasteiger partial charge in [0.15, 0.2) is 5.96 Å². The molecule has 23 heavy (non-hydrogen) atoms. The molecule has 0 spiro atoms. The molecule has 0 radical (unpaired) electrons. The average molecular weight is 395 g/mol. The Morgan fingerprint density at radius 1 is 1.30 bits per heavy atom. The number of halogens is 1. The third-order valence-corrected chi connectivity index (χ3v) is 5.05. The van der Waals surface area contributed by atoms with Crippen LogP contribution in [-0.2, 0) is 19.5 Å². The lowest BCUT2D eigenvalue weighted by Crippen LogP contribution is -2.36. The molecule has 0 unspecified atom stereocenters. The van der Waals surface area contributed by atoms with Crippen molar-refractivity contribution in [3.8, 4) is 0 Å². The van der Waals surface area contributed by atoms with Crippen molar-refractivity contribution in [1.82, 2.24) is 15.6 Å². The first-order chi connectivity index (χ1) is 11.1. The molecule has 1 aromatic carbocycles. The minimum Gasteiger partial charge on any atom is -0.357 e. The second-order valence-corrected chi connectivity index (χ2v) is 7.31. The first-order valence-electron chi connectivity index (χ1n) is 7.83. The number of aliphatic imine (C=N–C) groups is 1. The van der Waals surface area contributed by atoms with Crippen molar-refractivity contribution in [3.05, 3.63) is 49.9 Å². The van der Waals surface area contributed by atoms with Crippen LogP contribution in [0, 0.1) is 6.92 Å². The van der Waals surface area contributed by atoms with Gasteiger partial charge in [0.25, 0.3) is 0 Å². The van der Waals surface area contributed by atoms with E-state index in [0.717, 1.165) is 28.4 Å². The number of nitrogens with zero attached hydrogens (tertiary/aromatic N) is 2. The summed E-state index contributed by atoms with van der Waals surface area (Å²) >= 11 is 5.24. The quantitative estimate of drug-likeness (QED) is 0.574. The highest BCUT2D eigenvalue weighted by atomic mass is 79.9. The number of benzene rings is 1. The zero-order valence-electron chi connectivity index (χ0n) is 13.8. The molecule has 1 heterocycles. The minimum absolute atomic E-state index is 0.659. The van der Waals surface area contributed by atoms with Crippen molar-refractivity contribution in [2.45, 2.75) is 40.3 Å². The largest absolute Gasteiger partial charge is 0.357 e. The van der Waals surface area contributed by atoms with E-state index >= 15 is 0 Å². The maximum absolute atomic E-state index is 4.67. The van der Waals surface area contributed by atoms with Crippen molar-refractivity contribution in [3.63, 3.8) is 0 Å². The summed E-state index contributed by atoms with van der Waals surface area (Å²) in [4.78, 5) is 10.4. The summed E-state index contributed by atoms with van der Waals surface area (Å²) in [5, 5.41) is 7.72. The van der Waals surface area contributed by atoms with Crippen molar-refractivity contribution in [2.24, 2.45) is 4.99 Å². The number of guanidine groups is 1. The number of nitrogens with one attached hydrogen (secondary N) is 2. The van der Waals surface area contributed by atoms with Gasteiger partial charge in [0, 0.05) is 22.1 Å². The molecule has 2 N–H and O–H groups in total. The van der Waals surface area contributed by atoms with E-state index in [9.17, 15) is 0 Å². The normalized spacial score (nSPS) is 11.6. The van der Waals surface area contributed by atoms with Crippen LogP contribution < -0.4 is 10.6 Å². The Hall–Kier alpha value is -1.40. The number of aromatic nitrogens is 1. The van der Waals surface area contributed by atoms with Crippen molar-refractivity contribution in [1.29, 1.82) is 0 Å². The molecular weight excluding hydrogens is 372 g/mol. The molecule has 0 bridgehead atoms. The predicted molar refractivity (Wildman–Crippen MR) is 102 cm³/mol. The van der Waals surface area contributed by atoms with E-state index in [1.807, 2.05) is 6.20 Å². The fourth-order valence-electron chi connectivity index (χ4n) is 2.10. The molecule has 6 heteroatoms. The standard InChI is InChI=1S/C17H23BrN4S/c1-4-15-10-20-16(23-15)11-22-17(19-5-2)21-9-13-6-7-14(18)8-12(13)3/h6-8,10H,4-5,9,11H2,1-3H3,(H2,19,21,22). The lowest BCUT2D eigenvalue weighted by molar-refractivity contribution is 0.811. The van der Waals surface area contributed by atoms with Crippen LogP contribution in [0.15, 0.2) is 33.9 Å². The van der Waals surface area contributed by atoms with Gasteiger partial charge in [-0.3, -0.25) is 0 Å². The Morgan fingerprint density at radius 3 is 2.78 bits per heavy atom. The van der Waals surface area contributed by atoms with E-state index in [2.05, 4.69) is 75.5 Å². The molecule has 0 saturated heterocycles. The summed E-state index contributed by atoms with van der Waals surface area (Å²) < 4.78 is 1.10. The molecule has 0 saturated carbocycles. The van der Waals surface area contributed by atoms with Crippen LogP contribution in [0.2, 0.25) is 0 Å². The van der Waals surface area contributed by atoms with Gasteiger partial charge in [-0.1, -0.05) is 28.9 Å². The summed E-state index contributed by atoms with van der Waals surface area (Å²) in [6, 6.07) is 6.29. The molecule has 1 aromatic heterocycles. The summed E-state index contributed by atoms with van der Waals surface area (Å²) in [6.07, 6.45) is 2.99. The fourth-order valence-corrected chi connectivity index (χ4v) is 3.37. The molecule has 0 fully saturated rings. The average Bonchev–Trinajstić information content (AvgIpc) is 2.99. The second kappa shape index (κ2) is 9.03. The SMILES string of the molecule is CCNC(=NCc1ccc(Br)cc1C)NCc1ncc(CC)s1. The number of hydrogen-bond acceptors (Lipinski definition) is 3. The summed E-state index contributed by atoms with van der Waals surface area (Å²) in [6.45, 7) is 8.53. The van der Waals surface area contributed by atoms with Crippen LogP contribution in [-0.4, -0.2) is 17.5 Å². The third kappa shape index (κ3) is 5.62. The Labute approximate surface area is 150 Å². The van der Waals surface area contributed by atoms with Crippen molar-refractivity contribution >= 4 is 33.2 Å². The molecular formula is C17H23BrN4S. The van der Waals surface area contributed by atoms with Gasteiger partial charge < -0.3 is 10.6 Å². The van der Waals surface area contributed by atoms with Crippen LogP contribution in [0.5, 0.6) is 0 Å². The first-order valence-corrected chi connectivity index (χ1v) is 9.44. The topological polar surface area (TPSA) is 49.3 Å². The third-order valence-electron chi connectivity index (χ3n) is 3.41. The maximum Gasteiger partial charge on any atom is 0.191 e. The fraction of sp³-hybridized carbons (Fsp3) is 0.412. The molecule has 0 amide bonds. The molecule has 2 rings (SSSR count). The van der Waals surface area contributed by atoms with Gasteiger partial charge in [-0.25, -0.2) is 9.98 Å². The molecule has 0 atom stereocenters. The van der Waals surface area contributed by atoms with Crippen molar-refractivity contribution in [2.75, 3.05) is 6.54 Å². The van der Waals surface area contributed by atoms with Gasteiger partial charge in [0.05, 0.1) is 13.1 Å². The minimum atomic E-state index is 0.659. The number of aryl methyl sites for hydroxylation is 2. The Morgan fingerprint density at radius 2 is 2.13 bits per heavy atom. The smallest absolute Gasteiger partial charge is 0.191 e. The van der Waals surface area contributed by atoms with Gasteiger partial charge >= 0.3 is 0 Å². The van der Waals surface area contributed by atoms with Crippen LogP contribution in [0.1, 0.15) is 34.9 Å². The highest BCUT2D eigenvalue weighted by Crippen LogP contribution is 2.16. The van der Waals surface area contributed by atoms with Crippen molar-refractivity contribution < 1.29 is 0 Å². The Kier molecular flexibility index (Phi) is 7.05. The highest BCUT2D eigenvalue weighted by Gasteiger charge is 2.04. The van der Waals surface area contributed by atoms with Crippen LogP contribution in [0.3, 0.4) is 0 Å². The number of rotatable bonds is 6. The van der Waals surface area contributed by atoms with E-state index in [1.54, 1.807) is 11.3 Å². The number of thiazole rings is 1. The van der Waals surface area contributed by atoms with Gasteiger partial charge in [0.1, 0.15) is 5.01 Å². The maximum atomic E-state index is 4.67. The Balaban J connectivity index is 1.98. The van der Waals surface area contributed by atoms with Gasteiger partial charge in [-0.2, -0.15) is 0 Å². The Bertz CT molecular complexity index is 666. The zero-order valence-corrected chi connectivity index (χ0v) is 16.2. The van der Waals surface area contributed by atoms with E-state index in [1.165, 1.54) is 16.0 Å². The van der Waals surface area contributed by atoms with E-state index in [0.29, 0.717) is 13.1 Å². The summed E-state index contributed by atoms with van der Waals surface area (Å²) in [5.74, 6) is 0.822. The molecule has 4 nitrogen and oxygen atoms in total. The molecule has 0 aliphatic carbocycles. The van der Waals surface area contributed by atoms with Gasteiger partial charge in [-0.15, -0.1) is 11.3 Å². The molecule has 0 aliphatic rings. The van der Waals surface area contributed by atoms with E-state index in [-0.39, 0.29) is 0 Å². The van der Waals surface area contributed by atoms with E-state index < -0.39 is 0 Å². The number of hydrogen-bond donors (Lipinski definition) is 2. The highest BCUT2D eigenvalue weighted by molar-refractivity contribution is 9.10. The van der Waals surface area contributed by atoms with Gasteiger partial charge in [-0.05, 0) is 43.5 Å². The molecule has 124 valence electrons. The van der Waals surface area contributed by atoms with Crippen LogP contribution >= 0.6 is 27.3 Å². The van der Waals surface area contributed by atoms with Crippen LogP contribution in [0.25, 0.3) is 0 Å². The predicted octanol–water partition coefficient (Wildman–Crippen LogP) is 4.03. The monoisotopic (exact) mass is 394 g/mol. The molecule has 2 aromatic rings. The van der Waals surface area contributed by atoms with Crippen LogP contribution in [0.4, 0.5) is 0 Å². The second-order valence-electron chi connectivity index (χ2n) is 5.19. The summed E-state index contributed by atoms with van der Waals surface area (Å²) in [5.41, 5.74) is 2.47. The lowest BCUT2D eigenvalue weighted by atomic mass is 10.1. The molecule has 0 aliphatic heterocycles. The zero-order chi connectivity index (χ0) is 16.7. The summed E-state index contributed by atoms with van der Waals surface area (Å²) in [7, 11) is 0. The van der Waals surface area contributed by atoms with Gasteiger partial charge in [0.2, 0.25) is 0 Å². The first kappa shape index (κ1) is 17.9. The van der Waals surface area contributed by atoms with E-state index in [4.69, 9.17) is 0 Å². The lowest BCUT2D eigenvalue weighted by Gasteiger charge is -2.11.